The number of pyridine rings is 1. The molecule has 1 aliphatic heterocycles. The van der Waals surface area contributed by atoms with Gasteiger partial charge in [0.25, 0.3) is 5.56 Å². The summed E-state index contributed by atoms with van der Waals surface area (Å²) in [6.07, 6.45) is 8.43. The molecule has 1 aliphatic carbocycles. The van der Waals surface area contributed by atoms with Gasteiger partial charge in [-0.2, -0.15) is 5.10 Å². The minimum absolute atomic E-state index is 0.113. The molecule has 0 atom stereocenters. The van der Waals surface area contributed by atoms with Crippen molar-refractivity contribution in [3.63, 3.8) is 0 Å². The number of amides is 1. The van der Waals surface area contributed by atoms with Crippen LogP contribution in [0.5, 0.6) is 0 Å². The predicted octanol–water partition coefficient (Wildman–Crippen LogP) is 2.55. The largest absolute Gasteiger partial charge is 0.388 e. The highest BCUT2D eigenvalue weighted by Crippen LogP contribution is 2.33. The van der Waals surface area contributed by atoms with Crippen LogP contribution in [0.25, 0.3) is 27.8 Å². The average molecular weight is 489 g/mol. The van der Waals surface area contributed by atoms with Crippen LogP contribution in [0.15, 0.2) is 60.0 Å². The fourth-order valence-corrected chi connectivity index (χ4v) is 4.82. The molecule has 184 valence electrons. The molecule has 9 nitrogen and oxygen atoms in total. The number of nitrogens with zero attached hydrogens (tertiary/aromatic N) is 6. The molecule has 1 saturated carbocycles. The van der Waals surface area contributed by atoms with E-state index in [0.717, 1.165) is 24.6 Å². The zero-order chi connectivity index (χ0) is 24.9. The maximum atomic E-state index is 13.5. The van der Waals surface area contributed by atoms with Crippen molar-refractivity contribution >= 4 is 16.9 Å². The number of halogens is 1. The van der Waals surface area contributed by atoms with Crippen LogP contribution in [0.1, 0.15) is 25.7 Å². The Morgan fingerprint density at radius 2 is 1.83 bits per heavy atom. The van der Waals surface area contributed by atoms with E-state index in [2.05, 4.69) is 15.1 Å². The number of aliphatic hydroxyl groups is 1. The number of hydrogen-bond donors (Lipinski definition) is 1. The van der Waals surface area contributed by atoms with E-state index in [-0.39, 0.29) is 23.9 Å². The van der Waals surface area contributed by atoms with Gasteiger partial charge in [0.05, 0.1) is 30.2 Å². The molecule has 0 unspecified atom stereocenters. The summed E-state index contributed by atoms with van der Waals surface area (Å²) in [4.78, 5) is 35.7. The lowest BCUT2D eigenvalue weighted by Gasteiger charge is -2.38. The first kappa shape index (κ1) is 22.5. The first-order valence-corrected chi connectivity index (χ1v) is 12.1. The van der Waals surface area contributed by atoms with Crippen molar-refractivity contribution in [1.29, 1.82) is 0 Å². The van der Waals surface area contributed by atoms with Gasteiger partial charge in [-0.1, -0.05) is 12.1 Å². The summed E-state index contributed by atoms with van der Waals surface area (Å²) in [5.41, 5.74) is 1.22. The summed E-state index contributed by atoms with van der Waals surface area (Å²) in [6.45, 7) is 1.10. The topological polar surface area (TPSA) is 106 Å². The van der Waals surface area contributed by atoms with Gasteiger partial charge in [0, 0.05) is 30.8 Å². The summed E-state index contributed by atoms with van der Waals surface area (Å²) < 4.78 is 16.5. The maximum absolute atomic E-state index is 13.5. The number of likely N-dealkylation sites (tertiary alicyclic amines) is 1. The van der Waals surface area contributed by atoms with Crippen molar-refractivity contribution in [2.45, 2.75) is 37.8 Å². The summed E-state index contributed by atoms with van der Waals surface area (Å²) in [7, 11) is 0. The Morgan fingerprint density at radius 3 is 2.53 bits per heavy atom. The van der Waals surface area contributed by atoms with E-state index >= 15 is 0 Å². The zero-order valence-electron chi connectivity index (χ0n) is 19.5. The molecule has 2 aliphatic rings. The molecule has 10 heteroatoms. The molecule has 4 aromatic rings. The predicted molar refractivity (Wildman–Crippen MR) is 130 cm³/mol. The van der Waals surface area contributed by atoms with Gasteiger partial charge in [0.2, 0.25) is 5.91 Å². The quantitative estimate of drug-likeness (QED) is 0.463. The first-order chi connectivity index (χ1) is 17.4. The third-order valence-corrected chi connectivity index (χ3v) is 7.10. The van der Waals surface area contributed by atoms with Gasteiger partial charge in [0.15, 0.2) is 5.65 Å². The monoisotopic (exact) mass is 488 g/mol. The number of benzene rings is 1. The van der Waals surface area contributed by atoms with Crippen LogP contribution in [0.2, 0.25) is 0 Å². The highest BCUT2D eigenvalue weighted by Gasteiger charge is 2.39. The van der Waals surface area contributed by atoms with Crippen molar-refractivity contribution in [1.82, 2.24) is 29.2 Å². The van der Waals surface area contributed by atoms with Gasteiger partial charge in [-0.05, 0) is 49.4 Å². The Balaban J connectivity index is 1.21. The fourth-order valence-electron chi connectivity index (χ4n) is 4.82. The van der Waals surface area contributed by atoms with Crippen molar-refractivity contribution in [3.8, 4) is 16.8 Å². The summed E-state index contributed by atoms with van der Waals surface area (Å²) >= 11 is 0. The van der Waals surface area contributed by atoms with E-state index in [1.807, 2.05) is 29.2 Å². The molecule has 3 aromatic heterocycles. The average Bonchev–Trinajstić information content (AvgIpc) is 3.65. The number of fused-ring (bicyclic) bond motifs is 1. The molecule has 1 amide bonds. The van der Waals surface area contributed by atoms with Crippen LogP contribution >= 0.6 is 0 Å². The maximum Gasteiger partial charge on any atom is 0.264 e. The van der Waals surface area contributed by atoms with Crippen LogP contribution in [-0.4, -0.2) is 58.9 Å². The second kappa shape index (κ2) is 8.63. The minimum Gasteiger partial charge on any atom is -0.388 e. The Kier molecular flexibility index (Phi) is 5.40. The minimum atomic E-state index is -1.07. The molecule has 1 N–H and O–H groups in total. The van der Waals surface area contributed by atoms with Crippen LogP contribution in [0.4, 0.5) is 4.39 Å². The fraction of sp³-hybridized carbons (Fsp3) is 0.346. The van der Waals surface area contributed by atoms with Gasteiger partial charge >= 0.3 is 0 Å². The number of piperidine rings is 1. The molecule has 0 bridgehead atoms. The lowest BCUT2D eigenvalue weighted by atomic mass is 9.91. The second-order valence-electron chi connectivity index (χ2n) is 9.73. The lowest BCUT2D eigenvalue weighted by Crippen LogP contribution is -2.50. The van der Waals surface area contributed by atoms with Gasteiger partial charge in [-0.3, -0.25) is 19.1 Å². The SMILES string of the molecule is O=C(C1CC1)N1CCC(O)(Cn2cnc3c(cnn3-c3ccc(-c4cncc(F)c4)cc3)c2=O)CC1. The van der Waals surface area contributed by atoms with Crippen LogP contribution in [-0.2, 0) is 11.3 Å². The number of aromatic nitrogens is 5. The molecule has 6 rings (SSSR count). The second-order valence-corrected chi connectivity index (χ2v) is 9.73. The summed E-state index contributed by atoms with van der Waals surface area (Å²) in [5, 5.41) is 15.8. The molecule has 36 heavy (non-hydrogen) atoms. The smallest absolute Gasteiger partial charge is 0.264 e. The van der Waals surface area contributed by atoms with Crippen LogP contribution in [0.3, 0.4) is 0 Å². The van der Waals surface area contributed by atoms with E-state index in [4.69, 9.17) is 0 Å². The van der Waals surface area contributed by atoms with Crippen molar-refractivity contribution in [2.24, 2.45) is 5.92 Å². The van der Waals surface area contributed by atoms with Gasteiger partial charge < -0.3 is 10.0 Å². The van der Waals surface area contributed by atoms with Crippen molar-refractivity contribution < 1.29 is 14.3 Å². The molecule has 1 saturated heterocycles. The van der Waals surface area contributed by atoms with Gasteiger partial charge in [-0.25, -0.2) is 14.1 Å². The highest BCUT2D eigenvalue weighted by atomic mass is 19.1. The van der Waals surface area contributed by atoms with Crippen molar-refractivity contribution in [2.75, 3.05) is 13.1 Å². The third-order valence-electron chi connectivity index (χ3n) is 7.10. The van der Waals surface area contributed by atoms with Crippen LogP contribution < -0.4 is 5.56 Å². The normalized spacial score (nSPS) is 17.4. The van der Waals surface area contributed by atoms with Crippen LogP contribution in [0, 0.1) is 11.7 Å². The highest BCUT2D eigenvalue weighted by molar-refractivity contribution is 5.81. The van der Waals surface area contributed by atoms with E-state index in [1.165, 1.54) is 23.2 Å². The number of hydrogen-bond acceptors (Lipinski definition) is 6. The Labute approximate surface area is 205 Å². The summed E-state index contributed by atoms with van der Waals surface area (Å²) in [5.74, 6) is -0.0565. The molecule has 2 fully saturated rings. The molecule has 0 radical (unpaired) electrons. The van der Waals surface area contributed by atoms with E-state index in [1.54, 1.807) is 10.9 Å². The van der Waals surface area contributed by atoms with E-state index in [9.17, 15) is 19.1 Å². The Bertz CT molecular complexity index is 1500. The molecule has 0 spiro atoms. The summed E-state index contributed by atoms with van der Waals surface area (Å²) in [6, 6.07) is 8.71. The van der Waals surface area contributed by atoms with Gasteiger partial charge in [0.1, 0.15) is 17.5 Å². The van der Waals surface area contributed by atoms with Crippen molar-refractivity contribution in [3.05, 3.63) is 71.4 Å². The number of carbonyl (C=O) groups excluding carboxylic acids is 1. The number of rotatable bonds is 5. The van der Waals surface area contributed by atoms with E-state index in [0.29, 0.717) is 48.2 Å². The molecule has 4 heterocycles. The van der Waals surface area contributed by atoms with Gasteiger partial charge in [-0.15, -0.1) is 0 Å². The Hall–Kier alpha value is -3.92. The van der Waals surface area contributed by atoms with E-state index < -0.39 is 11.4 Å². The standard InChI is InChI=1S/C26H25FN6O3/c27-20-11-19(12-28-13-20)17-3-5-21(6-4-17)33-23-22(14-30-33)25(35)32(16-29-23)15-26(36)7-9-31(10-8-26)24(34)18-1-2-18/h3-6,11-14,16,18,36H,1-2,7-10,15H2. The first-order valence-electron chi connectivity index (χ1n) is 12.1. The molecule has 1 aromatic carbocycles. The zero-order valence-corrected chi connectivity index (χ0v) is 19.5. The molecular weight excluding hydrogens is 463 g/mol. The number of carbonyl (C=O) groups is 1. The third kappa shape index (κ3) is 4.17. The lowest BCUT2D eigenvalue weighted by molar-refractivity contribution is -0.137. The molecular formula is C26H25FN6O3. The Morgan fingerprint density at radius 1 is 1.08 bits per heavy atom.